The first-order chi connectivity index (χ1) is 14.8. The third-order valence-corrected chi connectivity index (χ3v) is 6.05. The van der Waals surface area contributed by atoms with Gasteiger partial charge in [0.05, 0.1) is 29.9 Å². The monoisotopic (exact) mass is 440 g/mol. The molecule has 6 nitrogen and oxygen atoms in total. The van der Waals surface area contributed by atoms with E-state index < -0.39 is 17.7 Å². The minimum absolute atomic E-state index is 0.446. The molecule has 1 aliphatic rings. The number of carbonyl (C=O) groups is 1. The van der Waals surface area contributed by atoms with Crippen molar-refractivity contribution >= 4 is 17.3 Å². The van der Waals surface area contributed by atoms with E-state index >= 15 is 0 Å². The number of ether oxygens (including phenoxy) is 3. The van der Waals surface area contributed by atoms with Gasteiger partial charge in [0.15, 0.2) is 6.10 Å². The third-order valence-electron chi connectivity index (χ3n) is 5.18. The molecule has 2 aromatic heterocycles. The second-order valence-electron chi connectivity index (χ2n) is 8.62. The molecule has 0 bridgehead atoms. The Morgan fingerprint density at radius 3 is 2.77 bits per heavy atom. The van der Waals surface area contributed by atoms with Gasteiger partial charge in [0.25, 0.3) is 0 Å². The van der Waals surface area contributed by atoms with Crippen LogP contribution in [0, 0.1) is 0 Å². The normalized spacial score (nSPS) is 14.6. The zero-order valence-electron chi connectivity index (χ0n) is 18.6. The summed E-state index contributed by atoms with van der Waals surface area (Å²) in [5, 5.41) is 6.84. The van der Waals surface area contributed by atoms with Crippen LogP contribution in [0.15, 0.2) is 35.7 Å². The SMILES string of the molecule is COC(=O)C(OC(C)(C)C)c1c(-c2ccc3c(c2)CCCO3)c(-c2cccs2)nn1C. The fraction of sp³-hybridized carbons (Fsp3) is 0.417. The summed E-state index contributed by atoms with van der Waals surface area (Å²) in [4.78, 5) is 13.9. The Kier molecular flexibility index (Phi) is 5.90. The number of carbonyl (C=O) groups excluding carboxylic acids is 1. The molecule has 1 unspecified atom stereocenters. The Balaban J connectivity index is 1.94. The lowest BCUT2D eigenvalue weighted by Gasteiger charge is -2.27. The maximum absolute atomic E-state index is 12.8. The molecule has 3 aromatic rings. The topological polar surface area (TPSA) is 62.6 Å². The van der Waals surface area contributed by atoms with Gasteiger partial charge in [-0.2, -0.15) is 5.10 Å². The molecule has 1 aliphatic heterocycles. The maximum Gasteiger partial charge on any atom is 0.341 e. The number of fused-ring (bicyclic) bond motifs is 1. The smallest absolute Gasteiger partial charge is 0.341 e. The third kappa shape index (κ3) is 4.38. The number of rotatable bonds is 5. The lowest BCUT2D eigenvalue weighted by molar-refractivity contribution is -0.165. The van der Waals surface area contributed by atoms with Crippen molar-refractivity contribution < 1.29 is 19.0 Å². The van der Waals surface area contributed by atoms with Crippen LogP contribution in [-0.2, 0) is 27.7 Å². The van der Waals surface area contributed by atoms with E-state index in [-0.39, 0.29) is 0 Å². The van der Waals surface area contributed by atoms with E-state index in [1.807, 2.05) is 57.5 Å². The van der Waals surface area contributed by atoms with Gasteiger partial charge in [0.2, 0.25) is 0 Å². The summed E-state index contributed by atoms with van der Waals surface area (Å²) in [6, 6.07) is 10.2. The predicted molar refractivity (Wildman–Crippen MR) is 121 cm³/mol. The van der Waals surface area contributed by atoms with Crippen molar-refractivity contribution in [3.8, 4) is 27.4 Å². The van der Waals surface area contributed by atoms with Gasteiger partial charge < -0.3 is 14.2 Å². The predicted octanol–water partition coefficient (Wildman–Crippen LogP) is 5.17. The van der Waals surface area contributed by atoms with Crippen LogP contribution in [0.5, 0.6) is 5.75 Å². The molecule has 7 heteroatoms. The van der Waals surface area contributed by atoms with Crippen LogP contribution in [-0.4, -0.2) is 35.1 Å². The Morgan fingerprint density at radius 1 is 1.29 bits per heavy atom. The van der Waals surface area contributed by atoms with E-state index in [2.05, 4.69) is 6.07 Å². The number of aryl methyl sites for hydroxylation is 2. The quantitative estimate of drug-likeness (QED) is 0.512. The fourth-order valence-corrected chi connectivity index (χ4v) is 4.62. The molecule has 31 heavy (non-hydrogen) atoms. The number of hydrogen-bond acceptors (Lipinski definition) is 6. The number of esters is 1. The lowest BCUT2D eigenvalue weighted by atomic mass is 9.95. The van der Waals surface area contributed by atoms with E-state index in [4.69, 9.17) is 19.3 Å². The number of benzene rings is 1. The standard InChI is InChI=1S/C24H28N2O4S/c1-24(2,3)30-22(23(27)28-5)21-19(20(25-26(21)4)18-9-7-13-31-18)16-10-11-17-15(14-16)8-6-12-29-17/h7,9-11,13-14,22H,6,8,12H2,1-5H3. The van der Waals surface area contributed by atoms with Crippen LogP contribution in [0.1, 0.15) is 44.6 Å². The number of methoxy groups -OCH3 is 1. The van der Waals surface area contributed by atoms with Crippen molar-refractivity contribution in [2.75, 3.05) is 13.7 Å². The van der Waals surface area contributed by atoms with Gasteiger partial charge in [0.1, 0.15) is 11.4 Å². The summed E-state index contributed by atoms with van der Waals surface area (Å²) in [7, 11) is 3.23. The van der Waals surface area contributed by atoms with Crippen molar-refractivity contribution in [3.63, 3.8) is 0 Å². The molecule has 164 valence electrons. The average molecular weight is 441 g/mol. The zero-order chi connectivity index (χ0) is 22.2. The van der Waals surface area contributed by atoms with Crippen molar-refractivity contribution in [2.45, 2.75) is 45.3 Å². The minimum Gasteiger partial charge on any atom is -0.493 e. The summed E-state index contributed by atoms with van der Waals surface area (Å²) in [5.74, 6) is 0.478. The van der Waals surface area contributed by atoms with Crippen LogP contribution in [0.4, 0.5) is 0 Å². The minimum atomic E-state index is -0.904. The Hall–Kier alpha value is -2.64. The molecule has 1 atom stereocenters. The Morgan fingerprint density at radius 2 is 2.10 bits per heavy atom. The molecule has 0 fully saturated rings. The van der Waals surface area contributed by atoms with Crippen LogP contribution < -0.4 is 4.74 Å². The van der Waals surface area contributed by atoms with Crippen molar-refractivity contribution in [2.24, 2.45) is 7.05 Å². The largest absolute Gasteiger partial charge is 0.493 e. The van der Waals surface area contributed by atoms with Gasteiger partial charge in [-0.25, -0.2) is 4.79 Å². The molecule has 0 saturated carbocycles. The van der Waals surface area contributed by atoms with E-state index in [1.54, 1.807) is 16.0 Å². The van der Waals surface area contributed by atoms with Crippen LogP contribution >= 0.6 is 11.3 Å². The Labute approximate surface area is 186 Å². The number of nitrogens with zero attached hydrogens (tertiary/aromatic N) is 2. The molecule has 0 radical (unpaired) electrons. The number of aromatic nitrogens is 2. The highest BCUT2D eigenvalue weighted by Crippen LogP contribution is 2.42. The first-order valence-corrected chi connectivity index (χ1v) is 11.3. The zero-order valence-corrected chi connectivity index (χ0v) is 19.4. The highest BCUT2D eigenvalue weighted by Gasteiger charge is 2.35. The summed E-state index contributed by atoms with van der Waals surface area (Å²) < 4.78 is 18.9. The van der Waals surface area contributed by atoms with Crippen LogP contribution in [0.25, 0.3) is 21.7 Å². The van der Waals surface area contributed by atoms with Gasteiger partial charge in [-0.1, -0.05) is 12.1 Å². The lowest BCUT2D eigenvalue weighted by Crippen LogP contribution is -2.29. The summed E-state index contributed by atoms with van der Waals surface area (Å²) in [6.45, 7) is 6.52. The first-order valence-electron chi connectivity index (χ1n) is 10.4. The van der Waals surface area contributed by atoms with Crippen LogP contribution in [0.3, 0.4) is 0 Å². The average Bonchev–Trinajstić information content (AvgIpc) is 3.38. The second kappa shape index (κ2) is 8.48. The molecule has 0 N–H and O–H groups in total. The highest BCUT2D eigenvalue weighted by molar-refractivity contribution is 7.13. The molecule has 1 aromatic carbocycles. The second-order valence-corrected chi connectivity index (χ2v) is 9.57. The Bertz CT molecular complexity index is 1080. The molecule has 0 amide bonds. The van der Waals surface area contributed by atoms with Gasteiger partial charge in [-0.05, 0) is 68.3 Å². The van der Waals surface area contributed by atoms with Crippen molar-refractivity contribution in [1.29, 1.82) is 0 Å². The van der Waals surface area contributed by atoms with E-state index in [0.29, 0.717) is 5.69 Å². The fourth-order valence-electron chi connectivity index (χ4n) is 3.90. The van der Waals surface area contributed by atoms with Gasteiger partial charge in [-0.15, -0.1) is 11.3 Å². The summed E-state index contributed by atoms with van der Waals surface area (Å²) >= 11 is 1.62. The van der Waals surface area contributed by atoms with Gasteiger partial charge in [-0.3, -0.25) is 4.68 Å². The molecule has 0 aliphatic carbocycles. The molecule has 3 heterocycles. The molecular weight excluding hydrogens is 412 g/mol. The van der Waals surface area contributed by atoms with Gasteiger partial charge >= 0.3 is 5.97 Å². The molecular formula is C24H28N2O4S. The van der Waals surface area contributed by atoms with E-state index in [1.165, 1.54) is 12.7 Å². The van der Waals surface area contributed by atoms with Gasteiger partial charge in [0, 0.05) is 12.6 Å². The first kappa shape index (κ1) is 21.6. The summed E-state index contributed by atoms with van der Waals surface area (Å²) in [5.41, 5.74) is 4.01. The van der Waals surface area contributed by atoms with E-state index in [0.717, 1.165) is 46.9 Å². The number of hydrogen-bond donors (Lipinski definition) is 0. The van der Waals surface area contributed by atoms with E-state index in [9.17, 15) is 4.79 Å². The van der Waals surface area contributed by atoms with Crippen molar-refractivity contribution in [3.05, 3.63) is 47.0 Å². The van der Waals surface area contributed by atoms with Crippen molar-refractivity contribution in [1.82, 2.24) is 9.78 Å². The molecule has 4 rings (SSSR count). The molecule has 0 saturated heterocycles. The maximum atomic E-state index is 12.8. The van der Waals surface area contributed by atoms with Crippen LogP contribution in [0.2, 0.25) is 0 Å². The highest BCUT2D eigenvalue weighted by atomic mass is 32.1. The number of thiophene rings is 1. The molecule has 0 spiro atoms. The summed E-state index contributed by atoms with van der Waals surface area (Å²) in [6.07, 6.45) is 1.05.